The standard InChI is InChI=1S/C24H31N3O4S/c1-17(2)23(28)26-21-11-7-19(8-12-21)16-25-24(29)20-9-13-22(14-10-20)32(30,31)27-15-5-4-6-18(27)3/h7-14,17-18H,4-6,15-16H2,1-3H3,(H,25,29)(H,26,28). The molecule has 2 aromatic carbocycles. The Bertz CT molecular complexity index is 1050. The van der Waals surface area contributed by atoms with Crippen molar-refractivity contribution in [2.75, 3.05) is 11.9 Å². The van der Waals surface area contributed by atoms with E-state index in [4.69, 9.17) is 0 Å². The van der Waals surface area contributed by atoms with Gasteiger partial charge in [0.15, 0.2) is 0 Å². The Hall–Kier alpha value is -2.71. The summed E-state index contributed by atoms with van der Waals surface area (Å²) < 4.78 is 27.4. The highest BCUT2D eigenvalue weighted by Gasteiger charge is 2.30. The number of carbonyl (C=O) groups excluding carboxylic acids is 2. The van der Waals surface area contributed by atoms with Gasteiger partial charge in [-0.1, -0.05) is 32.4 Å². The van der Waals surface area contributed by atoms with E-state index in [-0.39, 0.29) is 28.7 Å². The first-order chi connectivity index (χ1) is 15.2. The number of sulfonamides is 1. The first-order valence-corrected chi connectivity index (χ1v) is 12.4. The highest BCUT2D eigenvalue weighted by molar-refractivity contribution is 7.89. The molecule has 1 aliphatic heterocycles. The van der Waals surface area contributed by atoms with Crippen molar-refractivity contribution < 1.29 is 18.0 Å². The van der Waals surface area contributed by atoms with Crippen molar-refractivity contribution in [3.63, 3.8) is 0 Å². The summed E-state index contributed by atoms with van der Waals surface area (Å²) in [7, 11) is -3.56. The maximum absolute atomic E-state index is 12.9. The highest BCUT2D eigenvalue weighted by Crippen LogP contribution is 2.25. The quantitative estimate of drug-likeness (QED) is 0.662. The van der Waals surface area contributed by atoms with Crippen LogP contribution in [0.2, 0.25) is 0 Å². The summed E-state index contributed by atoms with van der Waals surface area (Å²) in [5.41, 5.74) is 1.99. The summed E-state index contributed by atoms with van der Waals surface area (Å²) in [5.74, 6) is -0.428. The molecule has 8 heteroatoms. The van der Waals surface area contributed by atoms with Gasteiger partial charge in [-0.05, 0) is 61.7 Å². The Kier molecular flexibility index (Phi) is 7.69. The lowest BCUT2D eigenvalue weighted by Crippen LogP contribution is -2.41. The van der Waals surface area contributed by atoms with Gasteiger partial charge in [0.1, 0.15) is 0 Å². The molecule has 1 fully saturated rings. The number of carbonyl (C=O) groups is 2. The number of rotatable bonds is 7. The fourth-order valence-electron chi connectivity index (χ4n) is 3.62. The summed E-state index contributed by atoms with van der Waals surface area (Å²) in [6.45, 7) is 6.45. The van der Waals surface area contributed by atoms with Crippen molar-refractivity contribution in [2.24, 2.45) is 5.92 Å². The van der Waals surface area contributed by atoms with Gasteiger partial charge in [0.25, 0.3) is 5.91 Å². The Morgan fingerprint density at radius 2 is 1.69 bits per heavy atom. The Balaban J connectivity index is 1.58. The normalized spacial score (nSPS) is 17.2. The van der Waals surface area contributed by atoms with E-state index in [0.717, 1.165) is 24.8 Å². The predicted octanol–water partition coefficient (Wildman–Crippen LogP) is 3.77. The second kappa shape index (κ2) is 10.3. The number of amides is 2. The highest BCUT2D eigenvalue weighted by atomic mass is 32.2. The predicted molar refractivity (Wildman–Crippen MR) is 125 cm³/mol. The number of nitrogens with zero attached hydrogens (tertiary/aromatic N) is 1. The lowest BCUT2D eigenvalue weighted by molar-refractivity contribution is -0.118. The molecule has 0 aromatic heterocycles. The molecule has 0 aliphatic carbocycles. The maximum Gasteiger partial charge on any atom is 0.251 e. The number of anilines is 1. The van der Waals surface area contributed by atoms with Crippen LogP contribution in [0.1, 0.15) is 56.0 Å². The lowest BCUT2D eigenvalue weighted by atomic mass is 10.1. The van der Waals surface area contributed by atoms with Crippen molar-refractivity contribution in [1.82, 2.24) is 9.62 Å². The molecule has 0 bridgehead atoms. The van der Waals surface area contributed by atoms with E-state index in [9.17, 15) is 18.0 Å². The topological polar surface area (TPSA) is 95.6 Å². The van der Waals surface area contributed by atoms with Gasteiger partial charge in [0, 0.05) is 36.3 Å². The van der Waals surface area contributed by atoms with Crippen molar-refractivity contribution in [3.8, 4) is 0 Å². The molecule has 3 rings (SSSR count). The molecule has 1 heterocycles. The minimum absolute atomic E-state index is 0.0122. The van der Waals surface area contributed by atoms with Gasteiger partial charge in [0.2, 0.25) is 15.9 Å². The van der Waals surface area contributed by atoms with Crippen LogP contribution in [-0.2, 0) is 21.4 Å². The van der Waals surface area contributed by atoms with Crippen LogP contribution in [0.3, 0.4) is 0 Å². The van der Waals surface area contributed by atoms with Crippen molar-refractivity contribution in [1.29, 1.82) is 0 Å². The molecule has 172 valence electrons. The average Bonchev–Trinajstić information content (AvgIpc) is 2.78. The SMILES string of the molecule is CC(C)C(=O)Nc1ccc(CNC(=O)c2ccc(S(=O)(=O)N3CCCCC3C)cc2)cc1. The van der Waals surface area contributed by atoms with E-state index < -0.39 is 10.0 Å². The first kappa shape index (κ1) is 23.9. The number of piperidine rings is 1. The molecule has 32 heavy (non-hydrogen) atoms. The summed E-state index contributed by atoms with van der Waals surface area (Å²) in [6.07, 6.45) is 2.78. The molecule has 1 atom stereocenters. The molecule has 0 radical (unpaired) electrons. The zero-order valence-corrected chi connectivity index (χ0v) is 19.6. The second-order valence-corrected chi connectivity index (χ2v) is 10.4. The van der Waals surface area contributed by atoms with E-state index in [1.54, 1.807) is 28.6 Å². The zero-order valence-electron chi connectivity index (χ0n) is 18.8. The van der Waals surface area contributed by atoms with Crippen LogP contribution in [-0.4, -0.2) is 37.1 Å². The van der Waals surface area contributed by atoms with E-state index in [0.29, 0.717) is 24.3 Å². The average molecular weight is 458 g/mol. The van der Waals surface area contributed by atoms with Crippen LogP contribution >= 0.6 is 0 Å². The summed E-state index contributed by atoms with van der Waals surface area (Å²) in [5, 5.41) is 5.66. The minimum atomic E-state index is -3.56. The maximum atomic E-state index is 12.9. The van der Waals surface area contributed by atoms with Gasteiger partial charge in [0.05, 0.1) is 4.90 Å². The smallest absolute Gasteiger partial charge is 0.251 e. The number of hydrogen-bond donors (Lipinski definition) is 2. The van der Waals surface area contributed by atoms with E-state index in [1.165, 1.54) is 12.1 Å². The van der Waals surface area contributed by atoms with Gasteiger partial charge in [-0.3, -0.25) is 9.59 Å². The third-order valence-corrected chi connectivity index (χ3v) is 7.69. The van der Waals surface area contributed by atoms with Gasteiger partial charge in [-0.2, -0.15) is 4.31 Å². The molecule has 7 nitrogen and oxygen atoms in total. The Morgan fingerprint density at radius 1 is 1.03 bits per heavy atom. The number of benzene rings is 2. The summed E-state index contributed by atoms with van der Waals surface area (Å²) in [6, 6.07) is 13.3. The number of hydrogen-bond acceptors (Lipinski definition) is 4. The Morgan fingerprint density at radius 3 is 2.28 bits per heavy atom. The molecule has 2 aromatic rings. The van der Waals surface area contributed by atoms with Crippen molar-refractivity contribution in [2.45, 2.75) is 57.5 Å². The van der Waals surface area contributed by atoms with Crippen LogP contribution in [0.25, 0.3) is 0 Å². The van der Waals surface area contributed by atoms with Crippen molar-refractivity contribution >= 4 is 27.5 Å². The molecular formula is C24H31N3O4S. The molecule has 0 saturated carbocycles. The molecular weight excluding hydrogens is 426 g/mol. The summed E-state index contributed by atoms with van der Waals surface area (Å²) in [4.78, 5) is 24.5. The van der Waals surface area contributed by atoms with E-state index >= 15 is 0 Å². The van der Waals surface area contributed by atoms with Gasteiger partial charge < -0.3 is 10.6 Å². The fourth-order valence-corrected chi connectivity index (χ4v) is 5.32. The fraction of sp³-hybridized carbons (Fsp3) is 0.417. The molecule has 1 unspecified atom stereocenters. The van der Waals surface area contributed by atoms with Crippen LogP contribution in [0.5, 0.6) is 0 Å². The third-order valence-electron chi connectivity index (χ3n) is 5.66. The minimum Gasteiger partial charge on any atom is -0.348 e. The van der Waals surface area contributed by atoms with E-state index in [2.05, 4.69) is 10.6 Å². The lowest BCUT2D eigenvalue weighted by Gasteiger charge is -2.32. The van der Waals surface area contributed by atoms with Gasteiger partial charge in [-0.15, -0.1) is 0 Å². The molecule has 2 amide bonds. The molecule has 0 spiro atoms. The Labute approximate surface area is 190 Å². The van der Waals surface area contributed by atoms with Crippen LogP contribution in [0.15, 0.2) is 53.4 Å². The largest absolute Gasteiger partial charge is 0.348 e. The van der Waals surface area contributed by atoms with Crippen molar-refractivity contribution in [3.05, 3.63) is 59.7 Å². The first-order valence-electron chi connectivity index (χ1n) is 11.0. The monoisotopic (exact) mass is 457 g/mol. The third kappa shape index (κ3) is 5.75. The summed E-state index contributed by atoms with van der Waals surface area (Å²) >= 11 is 0. The second-order valence-electron chi connectivity index (χ2n) is 8.51. The van der Waals surface area contributed by atoms with Crippen LogP contribution < -0.4 is 10.6 Å². The van der Waals surface area contributed by atoms with Crippen LogP contribution in [0.4, 0.5) is 5.69 Å². The van der Waals surface area contributed by atoms with Gasteiger partial charge >= 0.3 is 0 Å². The molecule has 1 saturated heterocycles. The number of nitrogens with one attached hydrogen (secondary N) is 2. The molecule has 1 aliphatic rings. The van der Waals surface area contributed by atoms with Crippen LogP contribution in [0, 0.1) is 5.92 Å². The zero-order chi connectivity index (χ0) is 23.3. The van der Waals surface area contributed by atoms with Gasteiger partial charge in [-0.25, -0.2) is 8.42 Å². The molecule has 2 N–H and O–H groups in total. The van der Waals surface area contributed by atoms with E-state index in [1.807, 2.05) is 32.9 Å².